The van der Waals surface area contributed by atoms with E-state index in [9.17, 15) is 9.18 Å². The first-order valence-corrected chi connectivity index (χ1v) is 6.65. The Balaban J connectivity index is 2.30. The maximum Gasteiger partial charge on any atom is 0.410 e. The lowest BCUT2D eigenvalue weighted by atomic mass is 9.86. The molecule has 110 valence electrons. The van der Waals surface area contributed by atoms with E-state index in [1.807, 2.05) is 24.3 Å². The molecule has 0 aliphatic heterocycles. The first kappa shape index (κ1) is 15.0. The van der Waals surface area contributed by atoms with Crippen molar-refractivity contribution in [3.05, 3.63) is 53.8 Å². The Labute approximate surface area is 123 Å². The van der Waals surface area contributed by atoms with Gasteiger partial charge >= 0.3 is 6.09 Å². The lowest BCUT2D eigenvalue weighted by Crippen LogP contribution is -2.16. The van der Waals surface area contributed by atoms with Gasteiger partial charge in [0.2, 0.25) is 0 Å². The normalized spacial score (nSPS) is 11.2. The van der Waals surface area contributed by atoms with Crippen molar-refractivity contribution in [3.63, 3.8) is 0 Å². The largest absolute Gasteiger partial charge is 0.410 e. The third-order valence-electron chi connectivity index (χ3n) is 3.23. The molecule has 3 nitrogen and oxygen atoms in total. The van der Waals surface area contributed by atoms with Crippen LogP contribution in [-0.2, 0) is 5.41 Å². The molecule has 0 saturated heterocycles. The van der Waals surface area contributed by atoms with Crippen LogP contribution in [0.1, 0.15) is 26.3 Å². The Morgan fingerprint density at radius 3 is 2.10 bits per heavy atom. The smallest absolute Gasteiger partial charge is 0.407 e. The number of primary amides is 1. The van der Waals surface area contributed by atoms with Gasteiger partial charge in [0.05, 0.1) is 0 Å². The Hall–Kier alpha value is -2.36. The van der Waals surface area contributed by atoms with Crippen LogP contribution in [0.2, 0.25) is 0 Å². The fourth-order valence-electron chi connectivity index (χ4n) is 2.03. The van der Waals surface area contributed by atoms with E-state index in [1.165, 1.54) is 17.7 Å². The minimum Gasteiger partial charge on any atom is -0.407 e. The molecule has 0 aliphatic rings. The number of hydrogen-bond acceptors (Lipinski definition) is 2. The van der Waals surface area contributed by atoms with Crippen LogP contribution in [0.25, 0.3) is 11.1 Å². The van der Waals surface area contributed by atoms with Crippen molar-refractivity contribution in [2.75, 3.05) is 0 Å². The monoisotopic (exact) mass is 287 g/mol. The number of benzene rings is 2. The molecule has 0 aliphatic carbocycles. The zero-order valence-corrected chi connectivity index (χ0v) is 12.3. The van der Waals surface area contributed by atoms with Crippen molar-refractivity contribution in [1.29, 1.82) is 0 Å². The molecule has 4 heteroatoms. The maximum absolute atomic E-state index is 13.8. The van der Waals surface area contributed by atoms with Crippen LogP contribution in [0.3, 0.4) is 0 Å². The zero-order chi connectivity index (χ0) is 15.6. The van der Waals surface area contributed by atoms with E-state index in [2.05, 4.69) is 25.5 Å². The van der Waals surface area contributed by atoms with Crippen LogP contribution in [0, 0.1) is 5.82 Å². The van der Waals surface area contributed by atoms with Crippen molar-refractivity contribution in [1.82, 2.24) is 0 Å². The Morgan fingerprint density at radius 2 is 1.62 bits per heavy atom. The van der Waals surface area contributed by atoms with Crippen molar-refractivity contribution < 1.29 is 13.9 Å². The lowest BCUT2D eigenvalue weighted by Gasteiger charge is -2.19. The highest BCUT2D eigenvalue weighted by Gasteiger charge is 2.13. The van der Waals surface area contributed by atoms with E-state index >= 15 is 0 Å². The fraction of sp³-hybridized carbons (Fsp3) is 0.235. The molecule has 1 amide bonds. The molecular formula is C17H18FNO2. The van der Waals surface area contributed by atoms with E-state index in [-0.39, 0.29) is 11.2 Å². The Morgan fingerprint density at radius 1 is 1.05 bits per heavy atom. The number of halogens is 1. The molecule has 0 spiro atoms. The lowest BCUT2D eigenvalue weighted by molar-refractivity contribution is 0.208. The molecule has 2 aromatic rings. The Bertz CT molecular complexity index is 657. The minimum atomic E-state index is -1.03. The first-order chi connectivity index (χ1) is 9.77. The second-order valence-electron chi connectivity index (χ2n) is 5.89. The summed E-state index contributed by atoms with van der Waals surface area (Å²) in [6.45, 7) is 6.41. The first-order valence-electron chi connectivity index (χ1n) is 6.65. The molecule has 0 bridgehead atoms. The van der Waals surface area contributed by atoms with Gasteiger partial charge < -0.3 is 10.5 Å². The number of carbonyl (C=O) groups is 1. The van der Waals surface area contributed by atoms with E-state index in [0.717, 1.165) is 5.56 Å². The molecule has 2 rings (SSSR count). The maximum atomic E-state index is 13.8. The van der Waals surface area contributed by atoms with Gasteiger partial charge in [-0.1, -0.05) is 51.1 Å². The SMILES string of the molecule is CC(C)(C)c1ccc(-c2ccc(OC(N)=O)c(F)c2)cc1. The summed E-state index contributed by atoms with van der Waals surface area (Å²) in [5, 5.41) is 0. The van der Waals surface area contributed by atoms with Gasteiger partial charge in [0.15, 0.2) is 11.6 Å². The number of rotatable bonds is 2. The summed E-state index contributed by atoms with van der Waals surface area (Å²) < 4.78 is 18.4. The molecule has 0 unspecified atom stereocenters. The number of ether oxygens (including phenoxy) is 1. The molecule has 0 atom stereocenters. The molecule has 0 saturated carbocycles. The summed E-state index contributed by atoms with van der Waals surface area (Å²) in [5.74, 6) is -0.788. The molecule has 0 aromatic heterocycles. The van der Waals surface area contributed by atoms with Crippen molar-refractivity contribution in [2.45, 2.75) is 26.2 Å². The van der Waals surface area contributed by atoms with Crippen LogP contribution in [0.4, 0.5) is 9.18 Å². The van der Waals surface area contributed by atoms with Gasteiger partial charge in [-0.05, 0) is 34.2 Å². The number of carbonyl (C=O) groups excluding carboxylic acids is 1. The predicted molar refractivity (Wildman–Crippen MR) is 80.7 cm³/mol. The summed E-state index contributed by atoms with van der Waals surface area (Å²) in [5.41, 5.74) is 7.76. The van der Waals surface area contributed by atoms with Gasteiger partial charge in [0.1, 0.15) is 0 Å². The molecular weight excluding hydrogens is 269 g/mol. The topological polar surface area (TPSA) is 52.3 Å². The van der Waals surface area contributed by atoms with E-state index in [0.29, 0.717) is 5.56 Å². The van der Waals surface area contributed by atoms with Crippen LogP contribution < -0.4 is 10.5 Å². The number of hydrogen-bond donors (Lipinski definition) is 1. The third-order valence-corrected chi connectivity index (χ3v) is 3.23. The minimum absolute atomic E-state index is 0.0724. The third kappa shape index (κ3) is 3.60. The van der Waals surface area contributed by atoms with Crippen molar-refractivity contribution >= 4 is 6.09 Å². The highest BCUT2D eigenvalue weighted by Crippen LogP contribution is 2.28. The van der Waals surface area contributed by atoms with Gasteiger partial charge in [-0.3, -0.25) is 0 Å². The highest BCUT2D eigenvalue weighted by atomic mass is 19.1. The molecule has 0 fully saturated rings. The second kappa shape index (κ2) is 5.56. The van der Waals surface area contributed by atoms with Gasteiger partial charge in [-0.2, -0.15) is 0 Å². The highest BCUT2D eigenvalue weighted by molar-refractivity contribution is 5.70. The van der Waals surface area contributed by atoms with Crippen LogP contribution >= 0.6 is 0 Å². The van der Waals surface area contributed by atoms with Crippen LogP contribution in [0.15, 0.2) is 42.5 Å². The van der Waals surface area contributed by atoms with Crippen molar-refractivity contribution in [2.24, 2.45) is 5.73 Å². The predicted octanol–water partition coefficient (Wildman–Crippen LogP) is 4.25. The van der Waals surface area contributed by atoms with Gasteiger partial charge in [-0.15, -0.1) is 0 Å². The molecule has 2 N–H and O–H groups in total. The number of nitrogens with two attached hydrogens (primary N) is 1. The Kier molecular flexibility index (Phi) is 3.98. The average molecular weight is 287 g/mol. The van der Waals surface area contributed by atoms with E-state index < -0.39 is 11.9 Å². The summed E-state index contributed by atoms with van der Waals surface area (Å²) in [4.78, 5) is 10.6. The van der Waals surface area contributed by atoms with Crippen molar-refractivity contribution in [3.8, 4) is 16.9 Å². The summed E-state index contributed by atoms with van der Waals surface area (Å²) in [6, 6.07) is 12.4. The van der Waals surface area contributed by atoms with Crippen LogP contribution in [0.5, 0.6) is 5.75 Å². The average Bonchev–Trinajstić information content (AvgIpc) is 2.40. The molecule has 21 heavy (non-hydrogen) atoms. The van der Waals surface area contributed by atoms with Gasteiger partial charge in [0, 0.05) is 0 Å². The van der Waals surface area contributed by atoms with Crippen LogP contribution in [-0.4, -0.2) is 6.09 Å². The second-order valence-corrected chi connectivity index (χ2v) is 5.89. The standard InChI is InChI=1S/C17H18FNO2/c1-17(2,3)13-7-4-11(5-8-13)12-6-9-15(14(18)10-12)21-16(19)20/h4-10H,1-3H3,(H2,19,20). The summed E-state index contributed by atoms with van der Waals surface area (Å²) >= 11 is 0. The fourth-order valence-corrected chi connectivity index (χ4v) is 2.03. The summed E-state index contributed by atoms with van der Waals surface area (Å²) in [6.07, 6.45) is -1.03. The molecule has 0 heterocycles. The molecule has 2 aromatic carbocycles. The summed E-state index contributed by atoms with van der Waals surface area (Å²) in [7, 11) is 0. The van der Waals surface area contributed by atoms with E-state index in [1.54, 1.807) is 6.07 Å². The molecule has 0 radical (unpaired) electrons. The number of amides is 1. The quantitative estimate of drug-likeness (QED) is 0.897. The zero-order valence-electron chi connectivity index (χ0n) is 12.3. The van der Waals surface area contributed by atoms with E-state index in [4.69, 9.17) is 5.73 Å². The van der Waals surface area contributed by atoms with Gasteiger partial charge in [-0.25, -0.2) is 9.18 Å². The van der Waals surface area contributed by atoms with Gasteiger partial charge in [0.25, 0.3) is 0 Å².